The molecule has 34 heavy (non-hydrogen) atoms. The minimum Gasteiger partial charge on any atom is -0.477 e. The third-order valence-corrected chi connectivity index (χ3v) is 4.69. The van der Waals surface area contributed by atoms with Crippen LogP contribution in [0.15, 0.2) is 46.1 Å². The minimum absolute atomic E-state index is 0.0126. The van der Waals surface area contributed by atoms with Crippen molar-refractivity contribution in [2.75, 3.05) is 18.2 Å². The lowest BCUT2D eigenvalue weighted by molar-refractivity contribution is 0.0590. The van der Waals surface area contributed by atoms with Crippen LogP contribution in [0.4, 0.5) is 11.4 Å². The molecule has 13 nitrogen and oxygen atoms in total. The number of benzene rings is 1. The van der Waals surface area contributed by atoms with Crippen LogP contribution in [-0.2, 0) is 17.8 Å². The van der Waals surface area contributed by atoms with E-state index in [0.717, 1.165) is 21.7 Å². The van der Waals surface area contributed by atoms with Gasteiger partial charge in [-0.25, -0.2) is 19.4 Å². The molecule has 0 aliphatic rings. The van der Waals surface area contributed by atoms with Crippen LogP contribution in [-0.4, -0.2) is 44.0 Å². The number of nitrogens with two attached hydrogens (primary N) is 1. The van der Waals surface area contributed by atoms with Gasteiger partial charge in [-0.05, 0) is 22.9 Å². The highest BCUT2D eigenvalue weighted by Gasteiger charge is 2.18. The van der Waals surface area contributed by atoms with Crippen molar-refractivity contribution < 1.29 is 19.4 Å². The zero-order valence-electron chi connectivity index (χ0n) is 17.6. The fourth-order valence-electron chi connectivity index (χ4n) is 2.89. The van der Waals surface area contributed by atoms with Gasteiger partial charge in [-0.15, -0.1) is 5.10 Å². The molecular weight excluding hydrogens is 470 g/mol. The summed E-state index contributed by atoms with van der Waals surface area (Å²) in [7, 11) is 1.19. The number of nitrogens with zero attached hydrogens (tertiary/aromatic N) is 4. The van der Waals surface area contributed by atoms with Crippen molar-refractivity contribution in [3.05, 3.63) is 79.5 Å². The summed E-state index contributed by atoms with van der Waals surface area (Å²) in [6.07, 6.45) is 1.25. The first-order valence-electron chi connectivity index (χ1n) is 9.53. The maximum Gasteiger partial charge on any atom is 0.356 e. The number of carboxylic acids is 1. The smallest absolute Gasteiger partial charge is 0.356 e. The summed E-state index contributed by atoms with van der Waals surface area (Å²) in [5.41, 5.74) is 6.34. The summed E-state index contributed by atoms with van der Waals surface area (Å²) >= 11 is 5.43. The lowest BCUT2D eigenvalue weighted by Gasteiger charge is -2.10. The molecular formula is C20H18ClN7O6. The predicted molar refractivity (Wildman–Crippen MR) is 121 cm³/mol. The monoisotopic (exact) mass is 487 g/mol. The quantitative estimate of drug-likeness (QED) is 0.159. The molecule has 0 spiro atoms. The third kappa shape index (κ3) is 5.16. The Hall–Kier alpha value is -4.36. The van der Waals surface area contributed by atoms with Crippen molar-refractivity contribution in [1.82, 2.24) is 24.6 Å². The van der Waals surface area contributed by atoms with Gasteiger partial charge >= 0.3 is 11.9 Å². The number of fused-ring (bicyclic) bond motifs is 1. The summed E-state index contributed by atoms with van der Waals surface area (Å²) in [5, 5.41) is 18.8. The van der Waals surface area contributed by atoms with Gasteiger partial charge in [0.1, 0.15) is 11.4 Å². The maximum atomic E-state index is 11.4. The molecule has 0 saturated carbocycles. The van der Waals surface area contributed by atoms with Gasteiger partial charge in [-0.1, -0.05) is 29.5 Å². The van der Waals surface area contributed by atoms with E-state index in [1.54, 1.807) is 0 Å². The van der Waals surface area contributed by atoms with Crippen LogP contribution < -0.4 is 26.7 Å². The molecule has 2 aromatic carbocycles. The number of carbonyl (C=O) groups excluding carboxylic acids is 1. The molecule has 0 amide bonds. The number of ether oxygens (including phenoxy) is 1. The second-order valence-electron chi connectivity index (χ2n) is 6.76. The predicted octanol–water partition coefficient (Wildman–Crippen LogP) is 0.329. The molecule has 2 heterocycles. The number of hydrogen-bond acceptors (Lipinski definition) is 11. The zero-order chi connectivity index (χ0) is 24.8. The van der Waals surface area contributed by atoms with Gasteiger partial charge in [-0.2, -0.15) is 4.52 Å². The second-order valence-corrected chi connectivity index (χ2v) is 7.03. The van der Waals surface area contributed by atoms with E-state index >= 15 is 0 Å². The fraction of sp³-hybridized carbons (Fsp3) is 0.150. The van der Waals surface area contributed by atoms with Crippen molar-refractivity contribution in [1.29, 1.82) is 0 Å². The van der Waals surface area contributed by atoms with Gasteiger partial charge in [-0.3, -0.25) is 9.59 Å². The van der Waals surface area contributed by atoms with Gasteiger partial charge in [0, 0.05) is 19.2 Å². The van der Waals surface area contributed by atoms with Crippen LogP contribution in [0.25, 0.3) is 5.65 Å². The van der Waals surface area contributed by atoms with Crippen molar-refractivity contribution >= 4 is 40.7 Å². The molecule has 2 aromatic heterocycles. The van der Waals surface area contributed by atoms with Gasteiger partial charge in [0.2, 0.25) is 0 Å². The Morgan fingerprint density at radius 2 is 1.88 bits per heavy atom. The molecule has 0 aliphatic heterocycles. The van der Waals surface area contributed by atoms with E-state index in [4.69, 9.17) is 22.6 Å². The van der Waals surface area contributed by atoms with Crippen LogP contribution >= 0.6 is 11.8 Å². The number of aromatic nitrogens is 4. The topological polar surface area (TPSA) is 191 Å². The lowest BCUT2D eigenvalue weighted by Crippen LogP contribution is -2.36. The van der Waals surface area contributed by atoms with E-state index in [1.165, 1.54) is 13.3 Å². The van der Waals surface area contributed by atoms with Crippen LogP contribution in [0.1, 0.15) is 32.1 Å². The average molecular weight is 488 g/mol. The summed E-state index contributed by atoms with van der Waals surface area (Å²) in [4.78, 5) is 50.5. The van der Waals surface area contributed by atoms with E-state index in [2.05, 4.69) is 30.2 Å². The zero-order valence-corrected chi connectivity index (χ0v) is 18.4. The highest BCUT2D eigenvalue weighted by molar-refractivity contribution is 6.13. The first-order chi connectivity index (χ1) is 16.3. The third-order valence-electron chi connectivity index (χ3n) is 4.56. The molecule has 4 rings (SSSR count). The van der Waals surface area contributed by atoms with E-state index < -0.39 is 22.8 Å². The second kappa shape index (κ2) is 10.5. The number of aromatic carboxylic acids is 1. The number of anilines is 2. The number of nitrogens with one attached hydrogen (secondary N) is 2. The number of hydrogen-bond donors (Lipinski definition) is 4. The van der Waals surface area contributed by atoms with Gasteiger partial charge in [0.25, 0.3) is 10.9 Å². The van der Waals surface area contributed by atoms with Gasteiger partial charge in [0.05, 0.1) is 13.3 Å². The SMILES string of the molecule is COC(=O)c1cc(C(=O)O)nc2cnnn12.Nc1c(NCc2cccc(CNCl)c2)c(=O)c1=O. The molecule has 0 atom stereocenters. The van der Waals surface area contributed by atoms with E-state index in [1.807, 2.05) is 24.3 Å². The number of carboxylic acid groups (broad SMARTS) is 1. The number of esters is 1. The summed E-state index contributed by atoms with van der Waals surface area (Å²) < 4.78 is 5.61. The molecule has 0 radical (unpaired) electrons. The number of nitrogen functional groups attached to an aromatic ring is 1. The molecule has 0 saturated heterocycles. The Balaban J connectivity index is 0.000000192. The van der Waals surface area contributed by atoms with Crippen molar-refractivity contribution in [2.24, 2.45) is 0 Å². The van der Waals surface area contributed by atoms with Crippen LogP contribution in [0.2, 0.25) is 0 Å². The summed E-state index contributed by atoms with van der Waals surface area (Å²) in [6.45, 7) is 0.989. The highest BCUT2D eigenvalue weighted by Crippen LogP contribution is 2.12. The standard InChI is InChI=1S/C12H12ClN3O2.C8H6N4O4/c13-16-6-8-3-1-2-7(4-8)5-15-10-9(14)11(17)12(10)18;1-16-8(15)5-2-4(7(13)14)10-6-3-9-11-12(5)6/h1-4,15-16H,5-6,14H2;2-3H,1H3,(H,13,14). The normalized spacial score (nSPS) is 10.5. The van der Waals surface area contributed by atoms with E-state index in [0.29, 0.717) is 13.1 Å². The van der Waals surface area contributed by atoms with Crippen LogP contribution in [0.3, 0.4) is 0 Å². The van der Waals surface area contributed by atoms with Crippen molar-refractivity contribution in [3.8, 4) is 0 Å². The molecule has 4 aromatic rings. The minimum atomic E-state index is -1.24. The Morgan fingerprint density at radius 1 is 1.18 bits per heavy atom. The molecule has 0 aliphatic carbocycles. The first kappa shape index (κ1) is 24.3. The number of methoxy groups -OCH3 is 1. The fourth-order valence-corrected chi connectivity index (χ4v) is 3.04. The number of halogens is 1. The van der Waals surface area contributed by atoms with Crippen LogP contribution in [0, 0.1) is 0 Å². The average Bonchev–Trinajstić information content (AvgIpc) is 3.32. The van der Waals surface area contributed by atoms with Crippen molar-refractivity contribution in [3.63, 3.8) is 0 Å². The molecule has 5 N–H and O–H groups in total. The molecule has 0 unspecified atom stereocenters. The molecule has 176 valence electrons. The Morgan fingerprint density at radius 3 is 2.50 bits per heavy atom. The summed E-state index contributed by atoms with van der Waals surface area (Å²) in [6, 6.07) is 8.77. The highest BCUT2D eigenvalue weighted by atomic mass is 35.5. The lowest BCUT2D eigenvalue weighted by atomic mass is 10.1. The molecule has 14 heteroatoms. The Kier molecular flexibility index (Phi) is 7.50. The van der Waals surface area contributed by atoms with E-state index in [-0.39, 0.29) is 28.4 Å². The van der Waals surface area contributed by atoms with Gasteiger partial charge < -0.3 is 20.9 Å². The Bertz CT molecular complexity index is 1430. The maximum absolute atomic E-state index is 11.4. The van der Waals surface area contributed by atoms with Crippen molar-refractivity contribution in [2.45, 2.75) is 13.1 Å². The van der Waals surface area contributed by atoms with Crippen LogP contribution in [0.5, 0.6) is 0 Å². The van der Waals surface area contributed by atoms with Gasteiger partial charge in [0.15, 0.2) is 17.0 Å². The number of rotatable bonds is 7. The Labute approximate surface area is 195 Å². The molecule has 0 bridgehead atoms. The summed E-state index contributed by atoms with van der Waals surface area (Å²) in [5.74, 6) is -1.95. The first-order valence-corrected chi connectivity index (χ1v) is 9.91. The largest absolute Gasteiger partial charge is 0.477 e. The van der Waals surface area contributed by atoms with E-state index in [9.17, 15) is 19.2 Å². The number of carbonyl (C=O) groups is 2. The molecule has 0 fully saturated rings.